The summed E-state index contributed by atoms with van der Waals surface area (Å²) in [6.07, 6.45) is 4.84. The Balaban J connectivity index is 1.37. The highest BCUT2D eigenvalue weighted by Gasteiger charge is 2.60. The fourth-order valence-corrected chi connectivity index (χ4v) is 6.01. The minimum absolute atomic E-state index is 0.0855. The van der Waals surface area contributed by atoms with Gasteiger partial charge in [-0.3, -0.25) is 9.59 Å². The molecule has 0 radical (unpaired) electrons. The maximum absolute atomic E-state index is 12.9. The average Bonchev–Trinajstić information content (AvgIpc) is 2.63. The monoisotopic (exact) mass is 371 g/mol. The molecule has 1 amide bonds. The second kappa shape index (κ2) is 6.62. The van der Waals surface area contributed by atoms with Crippen LogP contribution in [-0.2, 0) is 14.3 Å². The standard InChI is InChI=1S/C22H29NO4/c1-15(18-6-4-3-5-7-18)23(2)19(24)13-27-20(25)21-9-16-8-17(10-21)12-22(26,11-16)14-21/h3-7,15-17,26H,8-14H2,1-2H3/t15-,16-,17+,21?,22?/m1/s1. The Morgan fingerprint density at radius 3 is 2.41 bits per heavy atom. The number of esters is 1. The van der Waals surface area contributed by atoms with Gasteiger partial charge in [0.15, 0.2) is 6.61 Å². The van der Waals surface area contributed by atoms with E-state index in [-0.39, 0.29) is 24.5 Å². The first-order valence-corrected chi connectivity index (χ1v) is 10.0. The SMILES string of the molecule is C[C@H](c1ccccc1)N(C)C(=O)COC(=O)C12C[C@@H]3C[C@@H](CC(O)(C3)C1)C2. The van der Waals surface area contributed by atoms with Crippen LogP contribution in [0.25, 0.3) is 0 Å². The molecule has 1 aromatic carbocycles. The molecule has 0 saturated heterocycles. The molecule has 5 nitrogen and oxygen atoms in total. The Bertz CT molecular complexity index is 717. The summed E-state index contributed by atoms with van der Waals surface area (Å²) in [5, 5.41) is 10.8. The van der Waals surface area contributed by atoms with Crippen molar-refractivity contribution in [1.82, 2.24) is 4.90 Å². The van der Waals surface area contributed by atoms with Gasteiger partial charge in [-0.2, -0.15) is 0 Å². The molecular formula is C22H29NO4. The number of hydrogen-bond acceptors (Lipinski definition) is 4. The van der Waals surface area contributed by atoms with E-state index >= 15 is 0 Å². The molecule has 5 atom stereocenters. The van der Waals surface area contributed by atoms with Gasteiger partial charge in [0, 0.05) is 7.05 Å². The van der Waals surface area contributed by atoms with Crippen LogP contribution in [0.4, 0.5) is 0 Å². The van der Waals surface area contributed by atoms with Gasteiger partial charge < -0.3 is 14.7 Å². The van der Waals surface area contributed by atoms with E-state index in [2.05, 4.69) is 0 Å². The zero-order valence-electron chi connectivity index (χ0n) is 16.2. The Hall–Kier alpha value is -1.88. The molecular weight excluding hydrogens is 342 g/mol. The molecule has 5 rings (SSSR count). The molecule has 1 aromatic rings. The lowest BCUT2D eigenvalue weighted by Gasteiger charge is -2.58. The van der Waals surface area contributed by atoms with Crippen LogP contribution < -0.4 is 0 Å². The van der Waals surface area contributed by atoms with E-state index in [0.29, 0.717) is 18.3 Å². The number of benzene rings is 1. The van der Waals surface area contributed by atoms with E-state index in [4.69, 9.17) is 4.74 Å². The maximum Gasteiger partial charge on any atom is 0.312 e. The minimum atomic E-state index is -0.703. The van der Waals surface area contributed by atoms with Crippen molar-refractivity contribution in [3.8, 4) is 0 Å². The van der Waals surface area contributed by atoms with Crippen LogP contribution in [-0.4, -0.2) is 41.1 Å². The zero-order valence-corrected chi connectivity index (χ0v) is 16.2. The molecule has 0 aromatic heterocycles. The van der Waals surface area contributed by atoms with Gasteiger partial charge in [0.05, 0.1) is 17.1 Å². The molecule has 146 valence electrons. The normalized spacial score (nSPS) is 34.9. The molecule has 2 unspecified atom stereocenters. The lowest BCUT2D eigenvalue weighted by Crippen LogP contribution is -2.58. The third kappa shape index (κ3) is 3.38. The van der Waals surface area contributed by atoms with Crippen LogP contribution in [0.3, 0.4) is 0 Å². The predicted molar refractivity (Wildman–Crippen MR) is 101 cm³/mol. The summed E-state index contributed by atoms with van der Waals surface area (Å²) in [5.41, 5.74) is -0.239. The highest BCUT2D eigenvalue weighted by molar-refractivity contribution is 5.83. The van der Waals surface area contributed by atoms with Crippen LogP contribution in [0, 0.1) is 17.3 Å². The highest BCUT2D eigenvalue weighted by Crippen LogP contribution is 2.61. The third-order valence-corrected chi connectivity index (χ3v) is 7.05. The second-order valence-electron chi connectivity index (χ2n) is 9.13. The van der Waals surface area contributed by atoms with Crippen molar-refractivity contribution in [2.24, 2.45) is 17.3 Å². The van der Waals surface area contributed by atoms with Crippen molar-refractivity contribution in [1.29, 1.82) is 0 Å². The summed E-state index contributed by atoms with van der Waals surface area (Å²) in [4.78, 5) is 27.1. The van der Waals surface area contributed by atoms with Gasteiger partial charge in [0.2, 0.25) is 0 Å². The van der Waals surface area contributed by atoms with E-state index in [1.165, 1.54) is 0 Å². The van der Waals surface area contributed by atoms with E-state index in [9.17, 15) is 14.7 Å². The van der Waals surface area contributed by atoms with Crippen LogP contribution in [0.2, 0.25) is 0 Å². The van der Waals surface area contributed by atoms with Crippen molar-refractivity contribution in [3.05, 3.63) is 35.9 Å². The lowest BCUT2D eigenvalue weighted by atomic mass is 9.48. The smallest absolute Gasteiger partial charge is 0.312 e. The van der Waals surface area contributed by atoms with Gasteiger partial charge in [-0.25, -0.2) is 0 Å². The molecule has 4 fully saturated rings. The summed E-state index contributed by atoms with van der Waals surface area (Å²) < 4.78 is 5.50. The molecule has 5 heteroatoms. The number of rotatable bonds is 5. The Morgan fingerprint density at radius 2 is 1.81 bits per heavy atom. The average molecular weight is 371 g/mol. The molecule has 4 aliphatic rings. The molecule has 1 N–H and O–H groups in total. The van der Waals surface area contributed by atoms with E-state index in [0.717, 1.165) is 37.7 Å². The van der Waals surface area contributed by atoms with E-state index < -0.39 is 11.0 Å². The van der Waals surface area contributed by atoms with Crippen LogP contribution in [0.1, 0.15) is 57.1 Å². The van der Waals surface area contributed by atoms with Crippen LogP contribution >= 0.6 is 0 Å². The minimum Gasteiger partial charge on any atom is -0.455 e. The highest BCUT2D eigenvalue weighted by atomic mass is 16.5. The zero-order chi connectivity index (χ0) is 19.2. The number of likely N-dealkylation sites (N-methyl/N-ethyl adjacent to an activating group) is 1. The molecule has 4 saturated carbocycles. The van der Waals surface area contributed by atoms with Gasteiger partial charge in [0.25, 0.3) is 5.91 Å². The Morgan fingerprint density at radius 1 is 1.19 bits per heavy atom. The molecule has 0 heterocycles. The van der Waals surface area contributed by atoms with E-state index in [1.807, 2.05) is 37.3 Å². The van der Waals surface area contributed by atoms with Gasteiger partial charge in [-0.1, -0.05) is 30.3 Å². The summed E-state index contributed by atoms with van der Waals surface area (Å²) >= 11 is 0. The number of amides is 1. The quantitative estimate of drug-likeness (QED) is 0.808. The number of nitrogens with zero attached hydrogens (tertiary/aromatic N) is 1. The van der Waals surface area contributed by atoms with Crippen molar-refractivity contribution >= 4 is 11.9 Å². The molecule has 4 aliphatic carbocycles. The summed E-state index contributed by atoms with van der Waals surface area (Å²) in [6, 6.07) is 9.72. The van der Waals surface area contributed by atoms with Crippen molar-refractivity contribution in [2.75, 3.05) is 13.7 Å². The summed E-state index contributed by atoms with van der Waals surface area (Å²) in [6.45, 7) is 1.73. The molecule has 0 aliphatic heterocycles. The Kier molecular flexibility index (Phi) is 4.53. The summed E-state index contributed by atoms with van der Waals surface area (Å²) in [5.74, 6) is 0.341. The van der Waals surface area contributed by atoms with Crippen molar-refractivity contribution in [2.45, 2.75) is 57.1 Å². The Labute approximate surface area is 160 Å². The van der Waals surface area contributed by atoms with E-state index in [1.54, 1.807) is 11.9 Å². The maximum atomic E-state index is 12.9. The first kappa shape index (κ1) is 18.5. The van der Waals surface area contributed by atoms with Gasteiger partial charge in [0.1, 0.15) is 0 Å². The summed E-state index contributed by atoms with van der Waals surface area (Å²) in [7, 11) is 1.74. The van der Waals surface area contributed by atoms with Crippen molar-refractivity contribution < 1.29 is 19.4 Å². The molecule has 0 spiro atoms. The number of hydrogen-bond donors (Lipinski definition) is 1. The fraction of sp³-hybridized carbons (Fsp3) is 0.636. The van der Waals surface area contributed by atoms with Crippen LogP contribution in [0.15, 0.2) is 30.3 Å². The molecule has 27 heavy (non-hydrogen) atoms. The van der Waals surface area contributed by atoms with Crippen LogP contribution in [0.5, 0.6) is 0 Å². The third-order valence-electron chi connectivity index (χ3n) is 7.05. The van der Waals surface area contributed by atoms with Gasteiger partial charge in [-0.05, 0) is 62.8 Å². The van der Waals surface area contributed by atoms with Gasteiger partial charge >= 0.3 is 5.97 Å². The van der Waals surface area contributed by atoms with Crippen molar-refractivity contribution in [3.63, 3.8) is 0 Å². The predicted octanol–water partition coefficient (Wildman–Crippen LogP) is 3.08. The topological polar surface area (TPSA) is 66.8 Å². The number of ether oxygens (including phenoxy) is 1. The first-order valence-electron chi connectivity index (χ1n) is 10.0. The number of carbonyl (C=O) groups excluding carboxylic acids is 2. The first-order chi connectivity index (χ1) is 12.8. The fourth-order valence-electron chi connectivity index (χ4n) is 6.01. The second-order valence-corrected chi connectivity index (χ2v) is 9.13. The lowest BCUT2D eigenvalue weighted by molar-refractivity contribution is -0.197. The number of aliphatic hydroxyl groups is 1. The largest absolute Gasteiger partial charge is 0.455 e. The number of carbonyl (C=O) groups is 2. The molecule has 4 bridgehead atoms. The van der Waals surface area contributed by atoms with Gasteiger partial charge in [-0.15, -0.1) is 0 Å².